The number of fused-ring (bicyclic) bond motifs is 1. The van der Waals surface area contributed by atoms with Gasteiger partial charge in [-0.3, -0.25) is 14.3 Å². The van der Waals surface area contributed by atoms with Crippen LogP contribution in [-0.4, -0.2) is 47.4 Å². The van der Waals surface area contributed by atoms with E-state index in [0.717, 1.165) is 38.1 Å². The van der Waals surface area contributed by atoms with Crippen molar-refractivity contribution in [2.45, 2.75) is 88.6 Å². The fourth-order valence-electron chi connectivity index (χ4n) is 5.31. The number of aryl methyl sites for hydroxylation is 2. The molecule has 1 aromatic heterocycles. The van der Waals surface area contributed by atoms with E-state index in [9.17, 15) is 23.1 Å². The molecule has 1 saturated heterocycles. The number of anilines is 1. The Labute approximate surface area is 250 Å². The first-order chi connectivity index (χ1) is 19.0. The Balaban J connectivity index is 1.66. The van der Waals surface area contributed by atoms with Gasteiger partial charge in [-0.25, -0.2) is 13.4 Å². The zero-order valence-electron chi connectivity index (χ0n) is 24.5. The quantitative estimate of drug-likeness (QED) is 0.229. The Hall–Kier alpha value is -2.47. The van der Waals surface area contributed by atoms with E-state index in [1.807, 2.05) is 71.9 Å². The summed E-state index contributed by atoms with van der Waals surface area (Å²) in [5.41, 5.74) is 2.91. The van der Waals surface area contributed by atoms with Crippen LogP contribution < -0.4 is 4.72 Å². The summed E-state index contributed by atoms with van der Waals surface area (Å²) in [6.07, 6.45) is 2.25. The Morgan fingerprint density at radius 3 is 2.44 bits per heavy atom. The number of cyclic esters (lactones) is 1. The second kappa shape index (κ2) is 11.7. The Kier molecular flexibility index (Phi) is 8.95. The fraction of sp³-hybridized carbons (Fsp3) is 0.500. The molecule has 0 aliphatic carbocycles. The standard InChI is InChI=1S/C30H38N2O6S3/c1-17(2)30(13-12-19-10-8-9-11-20(19)16-33)15-21(34)25(27(35)38-30)39-22-14-18(3)24-26(23(22)29(4,5)6)40-28(31-24)32-41(7,36)37/h8-11,14,17,25,33H,12-13,15-16H2,1-7H3,(H,31,32). The molecule has 8 nitrogen and oxygen atoms in total. The third-order valence-electron chi connectivity index (χ3n) is 7.53. The number of aromatic nitrogens is 1. The molecule has 0 amide bonds. The lowest BCUT2D eigenvalue weighted by molar-refractivity contribution is -0.176. The number of ether oxygens (including phenoxy) is 1. The van der Waals surface area contributed by atoms with E-state index in [-0.39, 0.29) is 35.3 Å². The van der Waals surface area contributed by atoms with Crippen LogP contribution in [0, 0.1) is 12.8 Å². The number of thioether (sulfide) groups is 1. The minimum atomic E-state index is -3.50. The predicted octanol–water partition coefficient (Wildman–Crippen LogP) is 5.77. The van der Waals surface area contributed by atoms with Gasteiger partial charge in [-0.15, -0.1) is 11.8 Å². The van der Waals surface area contributed by atoms with Gasteiger partial charge in [0.15, 0.2) is 16.2 Å². The van der Waals surface area contributed by atoms with E-state index < -0.39 is 26.8 Å². The number of Topliss-reactive ketones (excluding diaryl/α,β-unsaturated/α-hetero) is 1. The average Bonchev–Trinajstić information content (AvgIpc) is 3.26. The van der Waals surface area contributed by atoms with Crippen molar-refractivity contribution in [3.05, 3.63) is 52.6 Å². The monoisotopic (exact) mass is 618 g/mol. The lowest BCUT2D eigenvalue weighted by Crippen LogP contribution is -2.52. The van der Waals surface area contributed by atoms with Crippen LogP contribution >= 0.6 is 23.1 Å². The molecule has 2 unspecified atom stereocenters. The second-order valence-electron chi connectivity index (χ2n) is 12.1. The van der Waals surface area contributed by atoms with Crippen LogP contribution in [0.15, 0.2) is 35.2 Å². The summed E-state index contributed by atoms with van der Waals surface area (Å²) < 4.78 is 33.2. The highest BCUT2D eigenvalue weighted by atomic mass is 32.2. The molecule has 2 aromatic carbocycles. The van der Waals surface area contributed by atoms with Gasteiger partial charge >= 0.3 is 5.97 Å². The molecule has 2 N–H and O–H groups in total. The molecule has 222 valence electrons. The molecule has 41 heavy (non-hydrogen) atoms. The highest BCUT2D eigenvalue weighted by molar-refractivity contribution is 8.01. The van der Waals surface area contributed by atoms with Gasteiger partial charge in [-0.05, 0) is 59.4 Å². The van der Waals surface area contributed by atoms with E-state index in [1.54, 1.807) is 0 Å². The number of ketones is 1. The summed E-state index contributed by atoms with van der Waals surface area (Å²) in [5, 5.41) is 8.99. The maximum absolute atomic E-state index is 13.7. The molecule has 0 bridgehead atoms. The molecule has 3 aromatic rings. The number of carbonyl (C=O) groups is 2. The number of aliphatic hydroxyl groups excluding tert-OH is 1. The molecule has 11 heteroatoms. The average molecular weight is 619 g/mol. The third-order valence-corrected chi connectivity index (χ3v) is 10.5. The van der Waals surface area contributed by atoms with Crippen LogP contribution in [0.25, 0.3) is 10.2 Å². The largest absolute Gasteiger partial charge is 0.457 e. The van der Waals surface area contributed by atoms with Crippen LogP contribution in [0.4, 0.5) is 5.13 Å². The van der Waals surface area contributed by atoms with Crippen molar-refractivity contribution in [1.82, 2.24) is 4.98 Å². The van der Waals surface area contributed by atoms with Gasteiger partial charge in [0.25, 0.3) is 0 Å². The number of esters is 1. The summed E-state index contributed by atoms with van der Waals surface area (Å²) in [6, 6.07) is 9.54. The van der Waals surface area contributed by atoms with E-state index in [4.69, 9.17) is 4.74 Å². The molecule has 2 atom stereocenters. The van der Waals surface area contributed by atoms with Gasteiger partial charge in [-0.2, -0.15) is 0 Å². The van der Waals surface area contributed by atoms with Gasteiger partial charge < -0.3 is 9.84 Å². The van der Waals surface area contributed by atoms with Crippen molar-refractivity contribution in [1.29, 1.82) is 0 Å². The summed E-state index contributed by atoms with van der Waals surface area (Å²) in [4.78, 5) is 32.5. The van der Waals surface area contributed by atoms with Crippen molar-refractivity contribution in [2.75, 3.05) is 11.0 Å². The zero-order valence-corrected chi connectivity index (χ0v) is 27.0. The van der Waals surface area contributed by atoms with Crippen molar-refractivity contribution >= 4 is 60.2 Å². The van der Waals surface area contributed by atoms with Gasteiger partial charge in [0.1, 0.15) is 5.60 Å². The minimum Gasteiger partial charge on any atom is -0.457 e. The number of aliphatic hydroxyl groups is 1. The maximum Gasteiger partial charge on any atom is 0.327 e. The second-order valence-corrected chi connectivity index (χ2v) is 16.0. The molecule has 4 rings (SSSR count). The van der Waals surface area contributed by atoms with E-state index in [0.29, 0.717) is 18.4 Å². The number of nitrogens with one attached hydrogen (secondary N) is 1. The van der Waals surface area contributed by atoms with Crippen LogP contribution in [0.1, 0.15) is 69.7 Å². The van der Waals surface area contributed by atoms with E-state index in [2.05, 4.69) is 9.71 Å². The lowest BCUT2D eigenvalue weighted by Gasteiger charge is -2.42. The van der Waals surface area contributed by atoms with Crippen molar-refractivity contribution in [3.63, 3.8) is 0 Å². The smallest absolute Gasteiger partial charge is 0.327 e. The van der Waals surface area contributed by atoms with E-state index >= 15 is 0 Å². The molecule has 0 spiro atoms. The summed E-state index contributed by atoms with van der Waals surface area (Å²) in [5.74, 6) is -0.794. The molecular formula is C30H38N2O6S3. The number of rotatable bonds is 9. The predicted molar refractivity (Wildman–Crippen MR) is 165 cm³/mol. The molecule has 2 heterocycles. The number of sulfonamides is 1. The van der Waals surface area contributed by atoms with Crippen molar-refractivity contribution in [3.8, 4) is 0 Å². The normalized spacial score (nSPS) is 20.1. The van der Waals surface area contributed by atoms with Crippen LogP contribution in [-0.2, 0) is 42.8 Å². The molecule has 1 aliphatic heterocycles. The highest BCUT2D eigenvalue weighted by Crippen LogP contribution is 2.46. The maximum atomic E-state index is 13.7. The SMILES string of the molecule is Cc1cc(SC2C(=O)CC(CCc3ccccc3CO)(C(C)C)OC2=O)c(C(C)(C)C)c2sc(NS(C)(=O)=O)nc12. The van der Waals surface area contributed by atoms with Crippen LogP contribution in [0.5, 0.6) is 0 Å². The Morgan fingerprint density at radius 1 is 1.22 bits per heavy atom. The van der Waals surface area contributed by atoms with Crippen molar-refractivity contribution < 1.29 is 27.9 Å². The number of nitrogens with zero attached hydrogens (tertiary/aromatic N) is 1. The number of thiazole rings is 1. The Bertz CT molecular complexity index is 1570. The lowest BCUT2D eigenvalue weighted by atomic mass is 9.78. The summed E-state index contributed by atoms with van der Waals surface area (Å²) in [6.45, 7) is 11.9. The zero-order chi connectivity index (χ0) is 30.3. The number of benzene rings is 2. The molecular weight excluding hydrogens is 581 g/mol. The first-order valence-corrected chi connectivity index (χ1v) is 17.2. The fourth-order valence-corrected chi connectivity index (χ4v) is 8.90. The third kappa shape index (κ3) is 6.79. The molecule has 1 aliphatic rings. The van der Waals surface area contributed by atoms with Gasteiger partial charge in [0, 0.05) is 11.3 Å². The molecule has 0 radical (unpaired) electrons. The number of hydrogen-bond acceptors (Lipinski definition) is 9. The van der Waals surface area contributed by atoms with Gasteiger partial charge in [-0.1, -0.05) is 70.2 Å². The highest BCUT2D eigenvalue weighted by Gasteiger charge is 2.49. The molecule has 1 fully saturated rings. The van der Waals surface area contributed by atoms with Gasteiger partial charge in [0.05, 0.1) is 23.1 Å². The topological polar surface area (TPSA) is 123 Å². The van der Waals surface area contributed by atoms with E-state index in [1.165, 1.54) is 23.1 Å². The van der Waals surface area contributed by atoms with Crippen molar-refractivity contribution in [2.24, 2.45) is 5.92 Å². The van der Waals surface area contributed by atoms with Gasteiger partial charge in [0.2, 0.25) is 10.0 Å². The van der Waals surface area contributed by atoms with Crippen LogP contribution in [0.3, 0.4) is 0 Å². The minimum absolute atomic E-state index is 0.0757. The first kappa shape index (κ1) is 31.5. The number of hydrogen-bond donors (Lipinski definition) is 2. The summed E-state index contributed by atoms with van der Waals surface area (Å²) >= 11 is 2.45. The number of carbonyl (C=O) groups excluding carboxylic acids is 2. The van der Waals surface area contributed by atoms with Crippen LogP contribution in [0.2, 0.25) is 0 Å². The first-order valence-electron chi connectivity index (χ1n) is 13.6. The molecule has 0 saturated carbocycles. The summed E-state index contributed by atoms with van der Waals surface area (Å²) in [7, 11) is -3.50. The Morgan fingerprint density at radius 2 is 1.88 bits per heavy atom.